The molecule has 6 nitrogen and oxygen atoms in total. The summed E-state index contributed by atoms with van der Waals surface area (Å²) in [5, 5.41) is 0. The van der Waals surface area contributed by atoms with Crippen LogP contribution in [0.5, 0.6) is 0 Å². The van der Waals surface area contributed by atoms with Crippen molar-refractivity contribution >= 4 is 17.9 Å². The zero-order valence-corrected chi connectivity index (χ0v) is 38.1. The van der Waals surface area contributed by atoms with Crippen molar-refractivity contribution in [2.75, 3.05) is 13.2 Å². The van der Waals surface area contributed by atoms with Gasteiger partial charge in [-0.05, 0) is 64.2 Å². The average Bonchev–Trinajstić information content (AvgIpc) is 3.21. The molecule has 0 bridgehead atoms. The molecular weight excluding hydrogens is 709 g/mol. The van der Waals surface area contributed by atoms with E-state index in [1.165, 1.54) is 167 Å². The van der Waals surface area contributed by atoms with Crippen LogP contribution < -0.4 is 0 Å². The third-order valence-corrected chi connectivity index (χ3v) is 10.9. The predicted octanol–water partition coefficient (Wildman–Crippen LogP) is 16.0. The van der Waals surface area contributed by atoms with E-state index in [1.807, 2.05) is 0 Å². The fourth-order valence-electron chi connectivity index (χ4n) is 7.15. The fraction of sp³-hybridized carbons (Fsp3) is 0.863. The highest BCUT2D eigenvalue weighted by Crippen LogP contribution is 2.15. The Labute approximate surface area is 353 Å². The Hall–Kier alpha value is -2.11. The van der Waals surface area contributed by atoms with Crippen LogP contribution in [0, 0.1) is 0 Å². The summed E-state index contributed by atoms with van der Waals surface area (Å²) in [5.41, 5.74) is 0. The largest absolute Gasteiger partial charge is 0.462 e. The van der Waals surface area contributed by atoms with E-state index in [-0.39, 0.29) is 31.1 Å². The first-order valence-electron chi connectivity index (χ1n) is 24.8. The number of rotatable bonds is 45. The number of ether oxygens (including phenoxy) is 3. The van der Waals surface area contributed by atoms with Gasteiger partial charge in [-0.15, -0.1) is 0 Å². The zero-order chi connectivity index (χ0) is 41.5. The van der Waals surface area contributed by atoms with Crippen LogP contribution in [0.15, 0.2) is 24.3 Å². The molecule has 334 valence electrons. The van der Waals surface area contributed by atoms with Gasteiger partial charge in [-0.1, -0.05) is 206 Å². The van der Waals surface area contributed by atoms with Gasteiger partial charge in [0, 0.05) is 19.3 Å². The molecule has 0 saturated carbocycles. The molecule has 1 atom stereocenters. The van der Waals surface area contributed by atoms with Crippen molar-refractivity contribution < 1.29 is 28.6 Å². The highest BCUT2D eigenvalue weighted by Gasteiger charge is 2.19. The summed E-state index contributed by atoms with van der Waals surface area (Å²) < 4.78 is 16.7. The number of allylic oxidation sites excluding steroid dienone is 4. The molecule has 0 spiro atoms. The number of carbonyl (C=O) groups is 3. The lowest BCUT2D eigenvalue weighted by Crippen LogP contribution is -2.30. The van der Waals surface area contributed by atoms with Crippen molar-refractivity contribution in [2.45, 2.75) is 271 Å². The Morgan fingerprint density at radius 1 is 0.333 bits per heavy atom. The lowest BCUT2D eigenvalue weighted by Gasteiger charge is -2.18. The standard InChI is InChI=1S/C51H94O6/c1-4-7-10-13-16-19-21-22-23-24-25-26-27-28-30-32-35-38-41-44-50(53)56-47-48(46-55-49(52)43-40-37-34-31-18-15-12-9-6-3)57-51(54)45-42-39-36-33-29-20-17-14-11-8-5-2/h24-25,31,34,48H,4-23,26-30,32-33,35-47H2,1-3H3/b25-24-,34-31-. The van der Waals surface area contributed by atoms with Gasteiger partial charge >= 0.3 is 17.9 Å². The molecular formula is C51H94O6. The van der Waals surface area contributed by atoms with Crippen LogP contribution >= 0.6 is 0 Å². The first kappa shape index (κ1) is 54.9. The quantitative estimate of drug-likeness (QED) is 0.0264. The maximum atomic E-state index is 12.7. The lowest BCUT2D eigenvalue weighted by atomic mass is 10.1. The van der Waals surface area contributed by atoms with Gasteiger partial charge in [0.2, 0.25) is 0 Å². The van der Waals surface area contributed by atoms with E-state index in [1.54, 1.807) is 0 Å². The Balaban J connectivity index is 4.26. The van der Waals surface area contributed by atoms with Crippen LogP contribution in [0.2, 0.25) is 0 Å². The van der Waals surface area contributed by atoms with Crippen molar-refractivity contribution in [3.63, 3.8) is 0 Å². The second kappa shape index (κ2) is 46.6. The maximum absolute atomic E-state index is 12.7. The summed E-state index contributed by atoms with van der Waals surface area (Å²) in [4.78, 5) is 37.7. The second-order valence-electron chi connectivity index (χ2n) is 16.7. The first-order chi connectivity index (χ1) is 28.0. The van der Waals surface area contributed by atoms with Gasteiger partial charge in [0.25, 0.3) is 0 Å². The SMILES string of the molecule is CCCCCC/C=C\CCCC(=O)OCC(COC(=O)CCCCCCCCC/C=C\CCCCCCCCCC)OC(=O)CCCCCCCCCCCCC. The summed E-state index contributed by atoms with van der Waals surface area (Å²) in [5.74, 6) is -0.912. The summed E-state index contributed by atoms with van der Waals surface area (Å²) in [6.07, 6.45) is 51.8. The van der Waals surface area contributed by atoms with E-state index in [4.69, 9.17) is 14.2 Å². The van der Waals surface area contributed by atoms with Gasteiger partial charge < -0.3 is 14.2 Å². The third-order valence-electron chi connectivity index (χ3n) is 10.9. The highest BCUT2D eigenvalue weighted by molar-refractivity contribution is 5.71. The molecule has 0 aliphatic carbocycles. The number of esters is 3. The monoisotopic (exact) mass is 803 g/mol. The molecule has 0 radical (unpaired) electrons. The van der Waals surface area contributed by atoms with Gasteiger partial charge in [-0.2, -0.15) is 0 Å². The molecule has 0 rings (SSSR count). The molecule has 0 saturated heterocycles. The summed E-state index contributed by atoms with van der Waals surface area (Å²) in [6, 6.07) is 0. The molecule has 0 amide bonds. The van der Waals surface area contributed by atoms with Crippen molar-refractivity contribution in [3.8, 4) is 0 Å². The highest BCUT2D eigenvalue weighted by atomic mass is 16.6. The molecule has 0 heterocycles. The molecule has 0 aliphatic rings. The van der Waals surface area contributed by atoms with Crippen molar-refractivity contribution in [3.05, 3.63) is 24.3 Å². The number of hydrogen-bond acceptors (Lipinski definition) is 6. The van der Waals surface area contributed by atoms with Crippen LogP contribution in [-0.4, -0.2) is 37.2 Å². The number of hydrogen-bond donors (Lipinski definition) is 0. The zero-order valence-electron chi connectivity index (χ0n) is 38.1. The van der Waals surface area contributed by atoms with E-state index < -0.39 is 6.10 Å². The third kappa shape index (κ3) is 44.8. The van der Waals surface area contributed by atoms with Crippen LogP contribution in [-0.2, 0) is 28.6 Å². The minimum absolute atomic E-state index is 0.0789. The molecule has 6 heteroatoms. The van der Waals surface area contributed by atoms with Gasteiger partial charge in [0.1, 0.15) is 13.2 Å². The van der Waals surface area contributed by atoms with Crippen molar-refractivity contribution in [1.29, 1.82) is 0 Å². The topological polar surface area (TPSA) is 78.9 Å². The van der Waals surface area contributed by atoms with Gasteiger partial charge in [-0.25, -0.2) is 0 Å². The predicted molar refractivity (Wildman–Crippen MR) is 243 cm³/mol. The van der Waals surface area contributed by atoms with Crippen LogP contribution in [0.3, 0.4) is 0 Å². The number of carbonyl (C=O) groups excluding carboxylic acids is 3. The minimum atomic E-state index is -0.777. The lowest BCUT2D eigenvalue weighted by molar-refractivity contribution is -0.167. The Morgan fingerprint density at radius 3 is 0.965 bits per heavy atom. The smallest absolute Gasteiger partial charge is 0.306 e. The second-order valence-corrected chi connectivity index (χ2v) is 16.7. The van der Waals surface area contributed by atoms with E-state index in [0.29, 0.717) is 19.3 Å². The molecule has 0 aromatic heterocycles. The van der Waals surface area contributed by atoms with Crippen LogP contribution in [0.4, 0.5) is 0 Å². The van der Waals surface area contributed by atoms with Crippen LogP contribution in [0.1, 0.15) is 265 Å². The van der Waals surface area contributed by atoms with E-state index in [2.05, 4.69) is 45.1 Å². The Morgan fingerprint density at radius 2 is 0.596 bits per heavy atom. The minimum Gasteiger partial charge on any atom is -0.462 e. The van der Waals surface area contributed by atoms with Crippen molar-refractivity contribution in [1.82, 2.24) is 0 Å². The molecule has 0 N–H and O–H groups in total. The summed E-state index contributed by atoms with van der Waals surface area (Å²) in [7, 11) is 0. The normalized spacial score (nSPS) is 12.1. The fourth-order valence-corrected chi connectivity index (χ4v) is 7.15. The van der Waals surface area contributed by atoms with Crippen LogP contribution in [0.25, 0.3) is 0 Å². The Kier molecular flexibility index (Phi) is 44.9. The average molecular weight is 803 g/mol. The van der Waals surface area contributed by atoms with E-state index in [9.17, 15) is 14.4 Å². The van der Waals surface area contributed by atoms with Crippen molar-refractivity contribution in [2.24, 2.45) is 0 Å². The van der Waals surface area contributed by atoms with Gasteiger partial charge in [0.15, 0.2) is 6.10 Å². The van der Waals surface area contributed by atoms with Gasteiger partial charge in [0.05, 0.1) is 0 Å². The first-order valence-corrected chi connectivity index (χ1v) is 24.8. The molecule has 0 fully saturated rings. The number of unbranched alkanes of at least 4 members (excludes halogenated alkanes) is 30. The van der Waals surface area contributed by atoms with E-state index in [0.717, 1.165) is 57.8 Å². The van der Waals surface area contributed by atoms with Gasteiger partial charge in [-0.3, -0.25) is 14.4 Å². The molecule has 57 heavy (non-hydrogen) atoms. The Bertz CT molecular complexity index is 927. The van der Waals surface area contributed by atoms with E-state index >= 15 is 0 Å². The maximum Gasteiger partial charge on any atom is 0.306 e. The molecule has 0 aromatic rings. The molecule has 0 aromatic carbocycles. The summed E-state index contributed by atoms with van der Waals surface area (Å²) in [6.45, 7) is 6.58. The molecule has 1 unspecified atom stereocenters. The molecule has 0 aliphatic heterocycles. The summed E-state index contributed by atoms with van der Waals surface area (Å²) >= 11 is 0.